The highest BCUT2D eigenvalue weighted by Crippen LogP contribution is 2.18. The summed E-state index contributed by atoms with van der Waals surface area (Å²) in [6.07, 6.45) is 0.827. The van der Waals surface area contributed by atoms with Crippen LogP contribution in [0.5, 0.6) is 0 Å². The summed E-state index contributed by atoms with van der Waals surface area (Å²) in [5, 5.41) is 0. The monoisotopic (exact) mass is 374 g/mol. The van der Waals surface area contributed by atoms with E-state index < -0.39 is 26.7 Å². The van der Waals surface area contributed by atoms with E-state index in [0.29, 0.717) is 0 Å². The lowest BCUT2D eigenvalue weighted by Gasteiger charge is -2.18. The summed E-state index contributed by atoms with van der Waals surface area (Å²) in [6.45, 7) is 5.24. The van der Waals surface area contributed by atoms with E-state index in [2.05, 4.69) is 15.9 Å². The highest BCUT2D eigenvalue weighted by atomic mass is 79.9. The molecule has 0 N–H and O–H groups in total. The zero-order valence-electron chi connectivity index (χ0n) is 12.2. The van der Waals surface area contributed by atoms with Crippen molar-refractivity contribution in [3.8, 4) is 0 Å². The first-order valence-electron chi connectivity index (χ1n) is 6.50. The first-order valence-corrected chi connectivity index (χ1v) is 9.06. The maximum absolute atomic E-state index is 12.2. The molecule has 21 heavy (non-hydrogen) atoms. The van der Waals surface area contributed by atoms with E-state index in [0.717, 1.165) is 5.57 Å². The largest absolute Gasteiger partial charge is 0.458 e. The number of alkyl halides is 1. The Bertz CT molecular complexity index is 604. The first kappa shape index (κ1) is 17.9. The molecule has 0 saturated carbocycles. The summed E-state index contributed by atoms with van der Waals surface area (Å²) in [5.41, 5.74) is 0.829. The maximum Gasteiger partial charge on any atom is 0.330 e. The van der Waals surface area contributed by atoms with E-state index in [1.165, 1.54) is 6.08 Å². The molecule has 0 bridgehead atoms. The van der Waals surface area contributed by atoms with Crippen molar-refractivity contribution < 1.29 is 17.9 Å². The van der Waals surface area contributed by atoms with Crippen LogP contribution < -0.4 is 0 Å². The fourth-order valence-corrected chi connectivity index (χ4v) is 4.20. The minimum absolute atomic E-state index is 0.139. The first-order chi connectivity index (χ1) is 9.72. The fourth-order valence-electron chi connectivity index (χ4n) is 1.60. The second-order valence-electron chi connectivity index (χ2n) is 4.97. The Morgan fingerprint density at radius 2 is 1.86 bits per heavy atom. The summed E-state index contributed by atoms with van der Waals surface area (Å²) in [7, 11) is -3.42. The fraction of sp³-hybridized carbons (Fsp3) is 0.400. The molecule has 116 valence electrons. The lowest BCUT2D eigenvalue weighted by molar-refractivity contribution is -0.141. The molecule has 1 aromatic rings. The molecule has 0 spiro atoms. The lowest BCUT2D eigenvalue weighted by atomic mass is 10.3. The quantitative estimate of drug-likeness (QED) is 0.436. The third-order valence-corrected chi connectivity index (χ3v) is 5.98. The summed E-state index contributed by atoms with van der Waals surface area (Å²) in [6, 6.07) is 8.21. The van der Waals surface area contributed by atoms with Crippen LogP contribution in [0, 0.1) is 0 Å². The zero-order valence-corrected chi connectivity index (χ0v) is 14.6. The van der Waals surface area contributed by atoms with Crippen LogP contribution in [0.15, 0.2) is 46.9 Å². The Balaban J connectivity index is 2.70. The van der Waals surface area contributed by atoms with Crippen molar-refractivity contribution in [3.63, 3.8) is 0 Å². The van der Waals surface area contributed by atoms with E-state index in [9.17, 15) is 13.2 Å². The van der Waals surface area contributed by atoms with Crippen LogP contribution >= 0.6 is 15.9 Å². The SMILES string of the molecule is CC(C)=CC(=O)OC(C)C(Br)CS(=O)(=O)c1ccccc1. The summed E-state index contributed by atoms with van der Waals surface area (Å²) >= 11 is 3.29. The van der Waals surface area contributed by atoms with Crippen LogP contribution in [0.25, 0.3) is 0 Å². The van der Waals surface area contributed by atoms with Gasteiger partial charge in [0.25, 0.3) is 0 Å². The van der Waals surface area contributed by atoms with Gasteiger partial charge in [-0.05, 0) is 32.9 Å². The number of hydrogen-bond donors (Lipinski definition) is 0. The van der Waals surface area contributed by atoms with Crippen LogP contribution in [0.2, 0.25) is 0 Å². The molecule has 2 atom stereocenters. The van der Waals surface area contributed by atoms with Crippen LogP contribution in [-0.4, -0.2) is 31.1 Å². The molecular formula is C15H19BrO4S. The Kier molecular flexibility index (Phi) is 6.61. The number of benzene rings is 1. The molecule has 1 aromatic carbocycles. The Hall–Kier alpha value is -1.14. The number of carbonyl (C=O) groups is 1. The molecule has 4 nitrogen and oxygen atoms in total. The van der Waals surface area contributed by atoms with E-state index in [1.807, 2.05) is 0 Å². The summed E-state index contributed by atoms with van der Waals surface area (Å²) in [5.74, 6) is -0.607. The lowest BCUT2D eigenvalue weighted by Crippen LogP contribution is -2.30. The van der Waals surface area contributed by atoms with Gasteiger partial charge in [0, 0.05) is 6.08 Å². The molecule has 6 heteroatoms. The Labute approximate surface area is 134 Å². The molecule has 0 aliphatic carbocycles. The van der Waals surface area contributed by atoms with Crippen molar-refractivity contribution in [2.45, 2.75) is 36.6 Å². The predicted octanol–water partition coefficient (Wildman–Crippen LogP) is 3.12. The topological polar surface area (TPSA) is 60.4 Å². The third kappa shape index (κ3) is 6.01. The van der Waals surface area contributed by atoms with Gasteiger partial charge in [-0.15, -0.1) is 0 Å². The van der Waals surface area contributed by atoms with Gasteiger partial charge < -0.3 is 4.74 Å². The van der Waals surface area contributed by atoms with Gasteiger partial charge in [-0.25, -0.2) is 13.2 Å². The second-order valence-corrected chi connectivity index (χ2v) is 8.18. The van der Waals surface area contributed by atoms with E-state index in [-0.39, 0.29) is 10.6 Å². The maximum atomic E-state index is 12.2. The van der Waals surface area contributed by atoms with E-state index in [1.54, 1.807) is 51.1 Å². The van der Waals surface area contributed by atoms with E-state index in [4.69, 9.17) is 4.74 Å². The van der Waals surface area contributed by atoms with Gasteiger partial charge in [-0.3, -0.25) is 0 Å². The number of esters is 1. The summed E-state index contributed by atoms with van der Waals surface area (Å²) in [4.78, 5) is 11.3. The predicted molar refractivity (Wildman–Crippen MR) is 86.2 cm³/mol. The van der Waals surface area contributed by atoms with Crippen LogP contribution in [-0.2, 0) is 19.4 Å². The van der Waals surface area contributed by atoms with Crippen molar-refractivity contribution in [1.82, 2.24) is 0 Å². The molecule has 0 aromatic heterocycles. The average molecular weight is 375 g/mol. The van der Waals surface area contributed by atoms with Gasteiger partial charge >= 0.3 is 5.97 Å². The average Bonchev–Trinajstić information content (AvgIpc) is 2.38. The minimum Gasteiger partial charge on any atom is -0.458 e. The van der Waals surface area contributed by atoms with Gasteiger partial charge in [0.15, 0.2) is 9.84 Å². The number of carbonyl (C=O) groups excluding carboxylic acids is 1. The molecule has 1 rings (SSSR count). The number of sulfone groups is 1. The van der Waals surface area contributed by atoms with E-state index >= 15 is 0 Å². The van der Waals surface area contributed by atoms with Crippen molar-refractivity contribution in [1.29, 1.82) is 0 Å². The molecule has 2 unspecified atom stereocenters. The molecule has 0 heterocycles. The molecule has 0 saturated heterocycles. The molecule has 0 radical (unpaired) electrons. The second kappa shape index (κ2) is 7.75. The van der Waals surface area contributed by atoms with Gasteiger partial charge in [0.2, 0.25) is 0 Å². The van der Waals surface area contributed by atoms with Crippen LogP contribution in [0.4, 0.5) is 0 Å². The van der Waals surface area contributed by atoms with Gasteiger partial charge in [0.05, 0.1) is 15.5 Å². The molecule has 0 amide bonds. The molecular weight excluding hydrogens is 356 g/mol. The van der Waals surface area contributed by atoms with Crippen molar-refractivity contribution in [2.75, 3.05) is 5.75 Å². The van der Waals surface area contributed by atoms with Crippen LogP contribution in [0.3, 0.4) is 0 Å². The number of hydrogen-bond acceptors (Lipinski definition) is 4. The zero-order chi connectivity index (χ0) is 16.0. The van der Waals surface area contributed by atoms with Crippen molar-refractivity contribution in [3.05, 3.63) is 42.0 Å². The summed E-state index contributed by atoms with van der Waals surface area (Å²) < 4.78 is 29.6. The minimum atomic E-state index is -3.42. The standard InChI is InChI=1S/C15H19BrO4S/c1-11(2)9-15(17)20-12(3)14(16)10-21(18,19)13-7-5-4-6-8-13/h4-9,12,14H,10H2,1-3H3. The smallest absolute Gasteiger partial charge is 0.330 e. The third-order valence-electron chi connectivity index (χ3n) is 2.70. The normalized spacial score (nSPS) is 14.1. The Morgan fingerprint density at radius 3 is 2.38 bits per heavy atom. The number of ether oxygens (including phenoxy) is 1. The molecule has 0 fully saturated rings. The van der Waals surface area contributed by atoms with Gasteiger partial charge in [-0.2, -0.15) is 0 Å². The number of rotatable bonds is 6. The Morgan fingerprint density at radius 1 is 1.29 bits per heavy atom. The molecule has 0 aliphatic rings. The number of halogens is 1. The van der Waals surface area contributed by atoms with Gasteiger partial charge in [0.1, 0.15) is 6.10 Å². The highest BCUT2D eigenvalue weighted by molar-refractivity contribution is 9.09. The van der Waals surface area contributed by atoms with Crippen LogP contribution in [0.1, 0.15) is 20.8 Å². The van der Waals surface area contributed by atoms with Crippen molar-refractivity contribution in [2.24, 2.45) is 0 Å². The number of allylic oxidation sites excluding steroid dienone is 1. The molecule has 0 aliphatic heterocycles. The highest BCUT2D eigenvalue weighted by Gasteiger charge is 2.25. The van der Waals surface area contributed by atoms with Gasteiger partial charge in [-0.1, -0.05) is 39.7 Å². The van der Waals surface area contributed by atoms with Crippen molar-refractivity contribution >= 4 is 31.7 Å².